The van der Waals surface area contributed by atoms with Crippen molar-refractivity contribution in [2.75, 3.05) is 13.2 Å². The molecule has 0 fully saturated rings. The summed E-state index contributed by atoms with van der Waals surface area (Å²) in [5.41, 5.74) is 0. The molecule has 0 unspecified atom stereocenters. The maximum atomic E-state index is 6.24. The van der Waals surface area contributed by atoms with E-state index < -0.39 is 8.56 Å². The lowest BCUT2D eigenvalue weighted by atomic mass is 10.4. The van der Waals surface area contributed by atoms with Crippen molar-refractivity contribution in [1.82, 2.24) is 0 Å². The van der Waals surface area contributed by atoms with Gasteiger partial charge in [-0.3, -0.25) is 0 Å². The van der Waals surface area contributed by atoms with E-state index in [4.69, 9.17) is 8.85 Å². The molecule has 0 bridgehead atoms. The van der Waals surface area contributed by atoms with Gasteiger partial charge in [-0.2, -0.15) is 0 Å². The molecule has 0 heterocycles. The van der Waals surface area contributed by atoms with Crippen molar-refractivity contribution in [3.05, 3.63) is 6.92 Å². The molecule has 0 saturated heterocycles. The van der Waals surface area contributed by atoms with E-state index >= 15 is 0 Å². The van der Waals surface area contributed by atoms with E-state index in [0.717, 1.165) is 44.6 Å². The maximum Gasteiger partial charge on any atom is 0.338 e. The molecule has 0 aromatic carbocycles. The molecule has 0 aliphatic rings. The summed E-state index contributed by atoms with van der Waals surface area (Å²) < 4.78 is 12.5. The molecule has 0 saturated carbocycles. The zero-order chi connectivity index (χ0) is 13.7. The van der Waals surface area contributed by atoms with Crippen LogP contribution in [0.15, 0.2) is 0 Å². The van der Waals surface area contributed by atoms with Gasteiger partial charge in [0, 0.05) is 13.2 Å². The van der Waals surface area contributed by atoms with Crippen LogP contribution in [0.4, 0.5) is 0 Å². The Hall–Kier alpha value is 0.137. The summed E-state index contributed by atoms with van der Waals surface area (Å²) in [5, 5.41) is 0. The van der Waals surface area contributed by atoms with Crippen molar-refractivity contribution in [1.29, 1.82) is 0 Å². The zero-order valence-electron chi connectivity index (χ0n) is 12.8. The number of unbranched alkanes of at least 4 members (excludes halogenated alkanes) is 3. The molecule has 3 heteroatoms. The van der Waals surface area contributed by atoms with Crippen molar-refractivity contribution in [3.8, 4) is 0 Å². The van der Waals surface area contributed by atoms with Gasteiger partial charge in [0.2, 0.25) is 0 Å². The molecule has 0 amide bonds. The highest BCUT2D eigenvalue weighted by atomic mass is 28.4. The molecular weight excluding hydrogens is 240 g/mol. The third-order valence-electron chi connectivity index (χ3n) is 3.19. The average Bonchev–Trinajstić information content (AvgIpc) is 2.37. The summed E-state index contributed by atoms with van der Waals surface area (Å²) in [6, 6.07) is 2.20. The highest BCUT2D eigenvalue weighted by Crippen LogP contribution is 2.24. The molecule has 0 N–H and O–H groups in total. The van der Waals surface area contributed by atoms with Crippen LogP contribution in [0.1, 0.15) is 65.7 Å². The number of rotatable bonds is 13. The molecule has 0 aliphatic carbocycles. The first kappa shape index (κ1) is 18.1. The number of hydrogen-bond donors (Lipinski definition) is 0. The summed E-state index contributed by atoms with van der Waals surface area (Å²) in [6.45, 7) is 12.4. The molecule has 0 atom stereocenters. The predicted molar refractivity (Wildman–Crippen MR) is 82.0 cm³/mol. The molecule has 2 nitrogen and oxygen atoms in total. The normalized spacial score (nSPS) is 12.0. The van der Waals surface area contributed by atoms with Gasteiger partial charge >= 0.3 is 8.56 Å². The lowest BCUT2D eigenvalue weighted by Gasteiger charge is -2.31. The van der Waals surface area contributed by atoms with E-state index in [9.17, 15) is 0 Å². The van der Waals surface area contributed by atoms with Crippen LogP contribution in [0.5, 0.6) is 0 Å². The summed E-state index contributed by atoms with van der Waals surface area (Å²) in [7, 11) is -1.95. The fraction of sp³-hybridized carbons (Fsp3) is 0.933. The minimum Gasteiger partial charge on any atom is -0.394 e. The van der Waals surface area contributed by atoms with Crippen molar-refractivity contribution in [2.24, 2.45) is 0 Å². The van der Waals surface area contributed by atoms with Crippen LogP contribution in [0.3, 0.4) is 0 Å². The largest absolute Gasteiger partial charge is 0.394 e. The molecule has 18 heavy (non-hydrogen) atoms. The van der Waals surface area contributed by atoms with Gasteiger partial charge in [-0.25, -0.2) is 0 Å². The van der Waals surface area contributed by atoms with Crippen LogP contribution in [0.25, 0.3) is 0 Å². The van der Waals surface area contributed by atoms with Gasteiger partial charge in [0.15, 0.2) is 0 Å². The SMILES string of the molecule is [CH2]CC[Si](CCCC)(OCCCC)OCCCC. The molecular formula is C15H33O2Si. The van der Waals surface area contributed by atoms with Gasteiger partial charge in [0.05, 0.1) is 0 Å². The summed E-state index contributed by atoms with van der Waals surface area (Å²) in [6.07, 6.45) is 8.07. The Morgan fingerprint density at radius 3 is 1.67 bits per heavy atom. The van der Waals surface area contributed by atoms with Crippen LogP contribution < -0.4 is 0 Å². The van der Waals surface area contributed by atoms with Crippen molar-refractivity contribution >= 4 is 8.56 Å². The monoisotopic (exact) mass is 273 g/mol. The van der Waals surface area contributed by atoms with Crippen LogP contribution in [0, 0.1) is 6.92 Å². The van der Waals surface area contributed by atoms with Crippen LogP contribution in [-0.2, 0) is 8.85 Å². The Labute approximate surface area is 116 Å². The second kappa shape index (κ2) is 12.2. The molecule has 0 aromatic heterocycles. The van der Waals surface area contributed by atoms with Gasteiger partial charge < -0.3 is 8.85 Å². The van der Waals surface area contributed by atoms with E-state index in [0.29, 0.717) is 0 Å². The van der Waals surface area contributed by atoms with E-state index in [2.05, 4.69) is 27.7 Å². The van der Waals surface area contributed by atoms with E-state index in [1.807, 2.05) is 0 Å². The molecule has 109 valence electrons. The van der Waals surface area contributed by atoms with Gasteiger partial charge in [-0.15, -0.1) is 0 Å². The van der Waals surface area contributed by atoms with E-state index in [1.165, 1.54) is 25.7 Å². The van der Waals surface area contributed by atoms with Gasteiger partial charge in [0.25, 0.3) is 0 Å². The van der Waals surface area contributed by atoms with Gasteiger partial charge in [-0.05, 0) is 24.9 Å². The Morgan fingerprint density at radius 2 is 1.28 bits per heavy atom. The third kappa shape index (κ3) is 8.28. The zero-order valence-corrected chi connectivity index (χ0v) is 13.8. The highest BCUT2D eigenvalue weighted by Gasteiger charge is 2.35. The first-order valence-corrected chi connectivity index (χ1v) is 10.0. The van der Waals surface area contributed by atoms with Crippen LogP contribution >= 0.6 is 0 Å². The smallest absolute Gasteiger partial charge is 0.338 e. The molecule has 0 aliphatic heterocycles. The topological polar surface area (TPSA) is 18.5 Å². The predicted octanol–water partition coefficient (Wildman–Crippen LogP) is 5.09. The minimum absolute atomic E-state index is 0.874. The second-order valence-electron chi connectivity index (χ2n) is 5.02. The third-order valence-corrected chi connectivity index (χ3v) is 6.89. The standard InChI is InChI=1S/C15H33O2Si/c1-5-9-12-16-18(14-8-4,15-11-7-3)17-13-10-6-2/h4-15H2,1-3H3. The van der Waals surface area contributed by atoms with Gasteiger partial charge in [0.1, 0.15) is 0 Å². The fourth-order valence-electron chi connectivity index (χ4n) is 1.98. The molecule has 0 aromatic rings. The molecule has 0 rings (SSSR count). The van der Waals surface area contributed by atoms with Crippen LogP contribution in [-0.4, -0.2) is 21.8 Å². The summed E-state index contributed by atoms with van der Waals surface area (Å²) in [5.74, 6) is 0. The van der Waals surface area contributed by atoms with Crippen LogP contribution in [0.2, 0.25) is 12.1 Å². The Bertz CT molecular complexity index is 164. The quantitative estimate of drug-likeness (QED) is 0.344. The average molecular weight is 274 g/mol. The van der Waals surface area contributed by atoms with Crippen molar-refractivity contribution in [3.63, 3.8) is 0 Å². The summed E-state index contributed by atoms with van der Waals surface area (Å²) >= 11 is 0. The minimum atomic E-state index is -1.95. The van der Waals surface area contributed by atoms with Crippen molar-refractivity contribution in [2.45, 2.75) is 77.8 Å². The van der Waals surface area contributed by atoms with Crippen molar-refractivity contribution < 1.29 is 8.85 Å². The molecule has 0 spiro atoms. The summed E-state index contributed by atoms with van der Waals surface area (Å²) in [4.78, 5) is 0. The van der Waals surface area contributed by atoms with Gasteiger partial charge in [-0.1, -0.05) is 59.8 Å². The first-order chi connectivity index (χ1) is 8.74. The Balaban J connectivity index is 4.34. The Morgan fingerprint density at radius 1 is 0.778 bits per heavy atom. The Kier molecular flexibility index (Phi) is 12.3. The second-order valence-corrected chi connectivity index (χ2v) is 8.42. The van der Waals surface area contributed by atoms with E-state index in [-0.39, 0.29) is 0 Å². The fourth-order valence-corrected chi connectivity index (χ4v) is 5.35. The maximum absolute atomic E-state index is 6.24. The van der Waals surface area contributed by atoms with E-state index in [1.54, 1.807) is 0 Å². The first-order valence-electron chi connectivity index (χ1n) is 7.81. The highest BCUT2D eigenvalue weighted by molar-refractivity contribution is 6.67. The lowest BCUT2D eigenvalue weighted by molar-refractivity contribution is 0.162. The number of hydrogen-bond acceptors (Lipinski definition) is 2. The lowest BCUT2D eigenvalue weighted by Crippen LogP contribution is -2.42. The molecule has 1 radical (unpaired) electrons.